The van der Waals surface area contributed by atoms with E-state index in [1.807, 2.05) is 39.8 Å². The Hall–Kier alpha value is -6.22. The summed E-state index contributed by atoms with van der Waals surface area (Å²) in [5.41, 5.74) is 1.38. The first-order valence-electron chi connectivity index (χ1n) is 17.0. The summed E-state index contributed by atoms with van der Waals surface area (Å²) in [5.74, 6) is 2.04. The van der Waals surface area contributed by atoms with Crippen molar-refractivity contribution in [3.8, 4) is 47.3 Å². The van der Waals surface area contributed by atoms with Crippen LogP contribution in [0.1, 0.15) is 75.6 Å². The third-order valence-electron chi connectivity index (χ3n) is 8.15. The van der Waals surface area contributed by atoms with Gasteiger partial charge in [-0.05, 0) is 108 Å². The molecule has 0 radical (unpaired) electrons. The standard InChI is InChI=1S/C42H38N4O4/c1-5-9-47-39-19-35-31(23-43)15-27-13-29-17-33(25-45)37-21-41(49-11-7-3)42(50-12-8-4)22-38(37)34(26-46)18-30(29)14-28(27)16-32(24-44)36(35)20-40(39)48-10-6-2/h13-22H,5-12H2,1-4H3. The molecule has 0 atom stereocenters. The number of hydrogen-bond donors (Lipinski definition) is 0. The van der Waals surface area contributed by atoms with E-state index in [1.165, 1.54) is 0 Å². The van der Waals surface area contributed by atoms with Gasteiger partial charge in [-0.3, -0.25) is 0 Å². The molecule has 5 rings (SSSR count). The smallest absolute Gasteiger partial charge is 0.161 e. The van der Waals surface area contributed by atoms with Crippen LogP contribution >= 0.6 is 0 Å². The first kappa shape index (κ1) is 35.1. The number of rotatable bonds is 12. The van der Waals surface area contributed by atoms with E-state index >= 15 is 0 Å². The van der Waals surface area contributed by atoms with Crippen LogP contribution in [0.4, 0.5) is 0 Å². The van der Waals surface area contributed by atoms with Gasteiger partial charge in [0, 0.05) is 21.5 Å². The van der Waals surface area contributed by atoms with Crippen LogP contribution in [0.2, 0.25) is 0 Å². The van der Waals surface area contributed by atoms with Crippen LogP contribution in [0.5, 0.6) is 23.0 Å². The average molecular weight is 663 g/mol. The Kier molecular flexibility index (Phi) is 11.4. The molecule has 50 heavy (non-hydrogen) atoms. The van der Waals surface area contributed by atoms with Crippen molar-refractivity contribution >= 4 is 43.1 Å². The predicted molar refractivity (Wildman–Crippen MR) is 196 cm³/mol. The highest BCUT2D eigenvalue weighted by Gasteiger charge is 2.16. The van der Waals surface area contributed by atoms with Crippen LogP contribution < -0.4 is 18.9 Å². The Labute approximate surface area is 292 Å². The van der Waals surface area contributed by atoms with E-state index in [-0.39, 0.29) is 0 Å². The van der Waals surface area contributed by atoms with Crippen LogP contribution in [0, 0.1) is 45.3 Å². The minimum absolute atomic E-state index is 0.344. The molecule has 0 fully saturated rings. The van der Waals surface area contributed by atoms with Crippen LogP contribution in [0.25, 0.3) is 43.1 Å². The van der Waals surface area contributed by atoms with Crippen molar-refractivity contribution in [3.63, 3.8) is 0 Å². The van der Waals surface area contributed by atoms with Crippen LogP contribution in [0.3, 0.4) is 0 Å². The molecule has 0 N–H and O–H groups in total. The van der Waals surface area contributed by atoms with Crippen molar-refractivity contribution in [1.82, 2.24) is 0 Å². The van der Waals surface area contributed by atoms with Gasteiger partial charge in [0.15, 0.2) is 23.0 Å². The Morgan fingerprint density at radius 2 is 0.580 bits per heavy atom. The Morgan fingerprint density at radius 1 is 0.360 bits per heavy atom. The molecule has 0 aliphatic carbocycles. The second-order valence-electron chi connectivity index (χ2n) is 11.9. The van der Waals surface area contributed by atoms with Gasteiger partial charge in [-0.2, -0.15) is 21.0 Å². The lowest BCUT2D eigenvalue weighted by atomic mass is 9.95. The van der Waals surface area contributed by atoms with Crippen molar-refractivity contribution in [2.75, 3.05) is 26.4 Å². The van der Waals surface area contributed by atoms with Crippen molar-refractivity contribution in [3.05, 3.63) is 82.9 Å². The number of hydrogen-bond acceptors (Lipinski definition) is 8. The van der Waals surface area contributed by atoms with E-state index in [9.17, 15) is 21.0 Å². The van der Waals surface area contributed by atoms with E-state index in [0.29, 0.717) is 115 Å². The first-order chi connectivity index (χ1) is 24.4. The van der Waals surface area contributed by atoms with Gasteiger partial charge in [-0.25, -0.2) is 0 Å². The molecule has 0 heterocycles. The highest BCUT2D eigenvalue weighted by Crippen LogP contribution is 2.38. The number of ether oxygens (including phenoxy) is 4. The van der Waals surface area contributed by atoms with Crippen LogP contribution in [-0.2, 0) is 0 Å². The molecule has 0 bridgehead atoms. The fourth-order valence-corrected chi connectivity index (χ4v) is 5.78. The number of benzene rings is 3. The molecule has 0 spiro atoms. The van der Waals surface area contributed by atoms with Crippen molar-refractivity contribution in [1.29, 1.82) is 21.0 Å². The molecule has 0 saturated carbocycles. The molecule has 0 amide bonds. The molecule has 0 aliphatic heterocycles. The fourth-order valence-electron chi connectivity index (χ4n) is 5.78. The third kappa shape index (κ3) is 7.27. The third-order valence-corrected chi connectivity index (χ3v) is 8.15. The highest BCUT2D eigenvalue weighted by molar-refractivity contribution is 6.05. The molecule has 0 aromatic heterocycles. The molecule has 0 unspecified atom stereocenters. The average Bonchev–Trinajstić information content (AvgIpc) is 3.13. The maximum Gasteiger partial charge on any atom is 0.161 e. The molecule has 250 valence electrons. The lowest BCUT2D eigenvalue weighted by molar-refractivity contribution is 0.269. The van der Waals surface area contributed by atoms with Gasteiger partial charge in [0.2, 0.25) is 0 Å². The highest BCUT2D eigenvalue weighted by atomic mass is 16.5. The molecule has 0 saturated heterocycles. The van der Waals surface area contributed by atoms with E-state index in [2.05, 4.69) is 24.3 Å². The second-order valence-corrected chi connectivity index (χ2v) is 11.9. The van der Waals surface area contributed by atoms with Gasteiger partial charge in [-0.15, -0.1) is 0 Å². The molecular formula is C42H38N4O4. The fraction of sp³-hybridized carbons (Fsp3) is 0.286. The summed E-state index contributed by atoms with van der Waals surface area (Å²) in [4.78, 5) is 0. The van der Waals surface area contributed by atoms with Crippen LogP contribution in [0.15, 0.2) is 60.7 Å². The summed E-state index contributed by atoms with van der Waals surface area (Å²) in [5, 5.41) is 46.7. The minimum Gasteiger partial charge on any atom is -0.490 e. The van der Waals surface area contributed by atoms with E-state index in [0.717, 1.165) is 25.7 Å². The molecular weight excluding hydrogens is 624 g/mol. The maximum absolute atomic E-state index is 10.4. The van der Waals surface area contributed by atoms with E-state index < -0.39 is 0 Å². The zero-order valence-electron chi connectivity index (χ0n) is 28.9. The predicted octanol–water partition coefficient (Wildman–Crippen LogP) is 10.1. The summed E-state index contributed by atoms with van der Waals surface area (Å²) in [6, 6.07) is 27.3. The monoisotopic (exact) mass is 662 g/mol. The summed E-state index contributed by atoms with van der Waals surface area (Å²) in [6.45, 7) is 9.92. The van der Waals surface area contributed by atoms with Gasteiger partial charge in [-0.1, -0.05) is 27.7 Å². The van der Waals surface area contributed by atoms with Gasteiger partial charge in [0.25, 0.3) is 0 Å². The first-order valence-corrected chi connectivity index (χ1v) is 17.0. The van der Waals surface area contributed by atoms with Crippen molar-refractivity contribution < 1.29 is 18.9 Å². The van der Waals surface area contributed by atoms with Gasteiger partial charge < -0.3 is 18.9 Å². The molecule has 8 heteroatoms. The Bertz CT molecular complexity index is 2010. The molecule has 5 aromatic rings. The summed E-state index contributed by atoms with van der Waals surface area (Å²) < 4.78 is 24.1. The zero-order valence-corrected chi connectivity index (χ0v) is 28.9. The quantitative estimate of drug-likeness (QED) is 0.129. The maximum atomic E-state index is 10.4. The van der Waals surface area contributed by atoms with Crippen molar-refractivity contribution in [2.45, 2.75) is 53.4 Å². The number of nitriles is 4. The zero-order chi connectivity index (χ0) is 35.6. The lowest BCUT2D eigenvalue weighted by Gasteiger charge is -2.15. The van der Waals surface area contributed by atoms with Gasteiger partial charge in [0.05, 0.1) is 73.0 Å². The lowest BCUT2D eigenvalue weighted by Crippen LogP contribution is -2.02. The van der Waals surface area contributed by atoms with Gasteiger partial charge >= 0.3 is 0 Å². The van der Waals surface area contributed by atoms with Crippen LogP contribution in [-0.4, -0.2) is 26.4 Å². The summed E-state index contributed by atoms with van der Waals surface area (Å²) in [6.07, 6.45) is 3.16. The van der Waals surface area contributed by atoms with Crippen molar-refractivity contribution in [2.24, 2.45) is 0 Å². The van der Waals surface area contributed by atoms with E-state index in [1.54, 1.807) is 48.5 Å². The molecule has 5 aromatic carbocycles. The SMILES string of the molecule is CCCOc1cc2c(C#N)cc3cc4cc(C#N)c5cc(OCCC)c(OCCC)cc5c(C#N)cc4cc3cc(C#N)c2cc1OCCC. The Morgan fingerprint density at radius 3 is 0.760 bits per heavy atom. The summed E-state index contributed by atoms with van der Waals surface area (Å²) >= 11 is 0. The number of fused-ring (bicyclic) bond motifs is 4. The molecule has 0 aliphatic rings. The Balaban J connectivity index is 1.90. The minimum atomic E-state index is 0.344. The summed E-state index contributed by atoms with van der Waals surface area (Å²) in [7, 11) is 0. The van der Waals surface area contributed by atoms with E-state index in [4.69, 9.17) is 18.9 Å². The second kappa shape index (κ2) is 16.3. The number of nitrogens with zero attached hydrogens (tertiary/aromatic N) is 4. The topological polar surface area (TPSA) is 132 Å². The van der Waals surface area contributed by atoms with Gasteiger partial charge in [0.1, 0.15) is 0 Å². The largest absolute Gasteiger partial charge is 0.490 e. The molecule has 8 nitrogen and oxygen atoms in total. The normalized spacial score (nSPS) is 10.6.